The van der Waals surface area contributed by atoms with Gasteiger partial charge in [0.2, 0.25) is 29.5 Å². The molecule has 0 saturated carbocycles. The fourth-order valence-corrected chi connectivity index (χ4v) is 9.59. The molecule has 4 bridgehead atoms. The third-order valence-corrected chi connectivity index (χ3v) is 14.2. The maximum atomic E-state index is 14.4. The highest BCUT2D eigenvalue weighted by Gasteiger charge is 2.64. The smallest absolute Gasteiger partial charge is 0.409 e. The van der Waals surface area contributed by atoms with Crippen molar-refractivity contribution in [1.29, 1.82) is 0 Å². The molecule has 370 valence electrons. The standard InChI is InChI=1S/C47H66ClN5O13S/c1-27-14-13-15-35(63-8)47(61)26-34(64-45(60)50-47)28(2)42-46(4,66-42)36(25-40(57)52(6)32-23-30(22-27)24-33(62-7)41(32)48)65-44(59)29(3)51(5)43(58)31(19-21-67-9)49-37(54)16-11-10-12-20-53-38(55)17-18-39(53)56/h13-15,23-24,28-29,31,34-36,42,61H,10-12,16-22,25-26H2,1-9H3,(H,49,54)(H,50,60)/b15-13+,27-14+/t28?,29-,31?,34?,35?,36?,42?,46?,47?/m0/s1. The number of likely N-dealkylation sites (N-methyl/N-ethyl adjacent to an activating group) is 1. The van der Waals surface area contributed by atoms with E-state index in [0.29, 0.717) is 49.4 Å². The van der Waals surface area contributed by atoms with Crippen LogP contribution in [0.1, 0.15) is 91.0 Å². The summed E-state index contributed by atoms with van der Waals surface area (Å²) in [6, 6.07) is 1.39. The van der Waals surface area contributed by atoms with Crippen molar-refractivity contribution in [3.8, 4) is 5.75 Å². The van der Waals surface area contributed by atoms with Crippen molar-refractivity contribution in [2.75, 3.05) is 51.8 Å². The molecule has 1 aromatic carbocycles. The lowest BCUT2D eigenvalue weighted by Crippen LogP contribution is -2.63. The fourth-order valence-electron chi connectivity index (χ4n) is 8.80. The van der Waals surface area contributed by atoms with Crippen LogP contribution in [0.3, 0.4) is 0 Å². The number of amides is 6. The van der Waals surface area contributed by atoms with Gasteiger partial charge in [0.05, 0.1) is 25.3 Å². The zero-order valence-corrected chi connectivity index (χ0v) is 41.5. The summed E-state index contributed by atoms with van der Waals surface area (Å²) < 4.78 is 29.5. The summed E-state index contributed by atoms with van der Waals surface area (Å²) in [5.41, 5.74) is -1.18. The second-order valence-corrected chi connectivity index (χ2v) is 19.4. The molecule has 3 fully saturated rings. The predicted octanol–water partition coefficient (Wildman–Crippen LogP) is 4.46. The number of carbonyl (C=O) groups is 7. The number of ether oxygens (including phenoxy) is 5. The number of carbonyl (C=O) groups excluding carboxylic acids is 7. The Hall–Kier alpha value is -4.69. The van der Waals surface area contributed by atoms with Crippen molar-refractivity contribution < 1.29 is 62.4 Å². The van der Waals surface area contributed by atoms with Gasteiger partial charge in [-0.05, 0) is 76.2 Å². The third-order valence-electron chi connectivity index (χ3n) is 13.2. The number of halogens is 1. The van der Waals surface area contributed by atoms with E-state index in [4.69, 9.17) is 35.3 Å². The van der Waals surface area contributed by atoms with Crippen LogP contribution in [0, 0.1) is 5.92 Å². The second kappa shape index (κ2) is 23.1. The van der Waals surface area contributed by atoms with Crippen molar-refractivity contribution in [3.63, 3.8) is 0 Å². The van der Waals surface area contributed by atoms with E-state index in [1.165, 1.54) is 54.7 Å². The molecule has 6 amide bonds. The number of fused-ring (bicyclic) bond motifs is 5. The molecule has 0 aliphatic carbocycles. The van der Waals surface area contributed by atoms with Gasteiger partial charge in [-0.15, -0.1) is 0 Å². The van der Waals surface area contributed by atoms with Gasteiger partial charge < -0.3 is 43.9 Å². The molecule has 0 radical (unpaired) electrons. The molecule has 4 heterocycles. The van der Waals surface area contributed by atoms with Crippen LogP contribution in [-0.2, 0) is 54.1 Å². The minimum atomic E-state index is -1.88. The number of unbranched alkanes of at least 4 members (excludes halogenated alkanes) is 2. The number of benzene rings is 1. The number of hydrogen-bond acceptors (Lipinski definition) is 14. The Bertz CT molecular complexity index is 2090. The number of likely N-dealkylation sites (tertiary alicyclic amines) is 1. The summed E-state index contributed by atoms with van der Waals surface area (Å²) in [4.78, 5) is 96.4. The number of alkyl carbamates (subject to hydrolysis) is 1. The number of imide groups is 1. The van der Waals surface area contributed by atoms with Gasteiger partial charge >= 0.3 is 12.1 Å². The van der Waals surface area contributed by atoms with Gasteiger partial charge in [-0.2, -0.15) is 11.8 Å². The number of esters is 1. The van der Waals surface area contributed by atoms with Crippen LogP contribution < -0.4 is 20.3 Å². The first kappa shape index (κ1) is 53.3. The summed E-state index contributed by atoms with van der Waals surface area (Å²) in [6.07, 6.45) is 4.75. The zero-order valence-electron chi connectivity index (χ0n) is 39.9. The number of rotatable bonds is 16. The lowest BCUT2D eigenvalue weighted by molar-refractivity contribution is -0.162. The van der Waals surface area contributed by atoms with E-state index in [1.807, 2.05) is 19.3 Å². The van der Waals surface area contributed by atoms with Gasteiger partial charge in [0, 0.05) is 59.4 Å². The second-order valence-electron chi connectivity index (χ2n) is 18.0. The van der Waals surface area contributed by atoms with Gasteiger partial charge in [-0.3, -0.25) is 34.2 Å². The minimum absolute atomic E-state index is 0.0983. The minimum Gasteiger partial charge on any atom is -0.495 e. The van der Waals surface area contributed by atoms with Crippen LogP contribution in [0.4, 0.5) is 10.5 Å². The van der Waals surface area contributed by atoms with Crippen LogP contribution >= 0.6 is 23.4 Å². The molecule has 3 N–H and O–H groups in total. The average Bonchev–Trinajstić information content (AvgIpc) is 3.89. The maximum absolute atomic E-state index is 14.4. The van der Waals surface area contributed by atoms with Crippen LogP contribution in [-0.4, -0.2) is 151 Å². The molecule has 0 spiro atoms. The highest BCUT2D eigenvalue weighted by molar-refractivity contribution is 7.98. The van der Waals surface area contributed by atoms with E-state index in [9.17, 15) is 38.7 Å². The number of anilines is 1. The number of allylic oxidation sites excluding steroid dienone is 3. The number of hydrogen-bond donors (Lipinski definition) is 3. The number of thioether (sulfide) groups is 1. The normalized spacial score (nSPS) is 28.8. The van der Waals surface area contributed by atoms with Crippen LogP contribution in [0.25, 0.3) is 0 Å². The molecule has 0 aromatic heterocycles. The Labute approximate surface area is 401 Å². The first-order valence-electron chi connectivity index (χ1n) is 22.6. The molecule has 3 saturated heterocycles. The van der Waals surface area contributed by atoms with Gasteiger partial charge in [-0.25, -0.2) is 9.59 Å². The van der Waals surface area contributed by atoms with E-state index in [2.05, 4.69) is 10.6 Å². The molecule has 1 aromatic rings. The summed E-state index contributed by atoms with van der Waals surface area (Å²) in [5.74, 6) is -2.30. The van der Waals surface area contributed by atoms with Crippen molar-refractivity contribution in [1.82, 2.24) is 20.4 Å². The Morgan fingerprint density at radius 2 is 1.81 bits per heavy atom. The Kier molecular flexibility index (Phi) is 18.3. The van der Waals surface area contributed by atoms with Gasteiger partial charge in [-0.1, -0.05) is 48.7 Å². The number of methoxy groups -OCH3 is 2. The van der Waals surface area contributed by atoms with Gasteiger partial charge in [0.15, 0.2) is 5.72 Å². The van der Waals surface area contributed by atoms with Gasteiger partial charge in [0.1, 0.15) is 46.8 Å². The molecule has 67 heavy (non-hydrogen) atoms. The number of nitrogens with one attached hydrogen (secondary N) is 2. The Morgan fingerprint density at radius 3 is 2.46 bits per heavy atom. The maximum Gasteiger partial charge on any atom is 0.409 e. The van der Waals surface area contributed by atoms with Crippen LogP contribution in [0.5, 0.6) is 5.75 Å². The van der Waals surface area contributed by atoms with E-state index < -0.39 is 84.0 Å². The first-order chi connectivity index (χ1) is 31.7. The average molecular weight is 977 g/mol. The van der Waals surface area contributed by atoms with Gasteiger partial charge in [0.25, 0.3) is 0 Å². The van der Waals surface area contributed by atoms with E-state index in [0.717, 1.165) is 11.1 Å². The molecule has 5 rings (SSSR count). The van der Waals surface area contributed by atoms with Crippen LogP contribution in [0.2, 0.25) is 5.02 Å². The molecule has 4 aliphatic rings. The molecule has 4 aliphatic heterocycles. The summed E-state index contributed by atoms with van der Waals surface area (Å²) in [6.45, 7) is 7.16. The molecule has 20 heteroatoms. The van der Waals surface area contributed by atoms with E-state index in [1.54, 1.807) is 45.2 Å². The number of nitrogens with zero attached hydrogens (tertiary/aromatic N) is 3. The summed E-state index contributed by atoms with van der Waals surface area (Å²) in [5, 5.41) is 17.4. The lowest BCUT2D eigenvalue weighted by Gasteiger charge is -2.42. The zero-order chi connectivity index (χ0) is 49.4. The first-order valence-corrected chi connectivity index (χ1v) is 24.4. The molecular weight excluding hydrogens is 910 g/mol. The monoisotopic (exact) mass is 975 g/mol. The third kappa shape index (κ3) is 12.9. The van der Waals surface area contributed by atoms with E-state index >= 15 is 0 Å². The van der Waals surface area contributed by atoms with Crippen molar-refractivity contribution in [2.45, 2.75) is 140 Å². The highest BCUT2D eigenvalue weighted by atomic mass is 35.5. The Balaban J connectivity index is 1.37. The van der Waals surface area contributed by atoms with E-state index in [-0.39, 0.29) is 54.8 Å². The topological polar surface area (TPSA) is 223 Å². The quantitative estimate of drug-likeness (QED) is 0.0901. The summed E-state index contributed by atoms with van der Waals surface area (Å²) >= 11 is 8.31. The van der Waals surface area contributed by atoms with Crippen LogP contribution in [0.15, 0.2) is 35.9 Å². The predicted molar refractivity (Wildman–Crippen MR) is 250 cm³/mol. The molecule has 9 atom stereocenters. The highest BCUT2D eigenvalue weighted by Crippen LogP contribution is 2.49. The lowest BCUT2D eigenvalue weighted by atomic mass is 9.83. The van der Waals surface area contributed by atoms with Crippen molar-refractivity contribution >= 4 is 70.6 Å². The Morgan fingerprint density at radius 1 is 1.10 bits per heavy atom. The molecular formula is C47H66ClN5O13S. The summed E-state index contributed by atoms with van der Waals surface area (Å²) in [7, 11) is 5.87. The molecule has 18 nitrogen and oxygen atoms in total. The van der Waals surface area contributed by atoms with Crippen molar-refractivity contribution in [3.05, 3.63) is 46.5 Å². The number of aliphatic hydroxyl groups is 1. The SMILES string of the molecule is COc1cc2cc(c1Cl)N(C)C(=O)CC(OC(=O)[C@H](C)N(C)C(=O)C(CCSC)NC(=O)CCCCCN1C(=O)CCC1=O)C1(C)OC1C(C)C1CC(O)(NC(=O)O1)C(OC)/C=C/C=C(\C)C2. The fraction of sp³-hybridized carbons (Fsp3) is 0.638. The largest absolute Gasteiger partial charge is 0.495 e. The number of epoxide rings is 1. The molecule has 8 unspecified atom stereocenters. The van der Waals surface area contributed by atoms with Crippen molar-refractivity contribution in [2.24, 2.45) is 5.92 Å².